The van der Waals surface area contributed by atoms with Crippen LogP contribution < -0.4 is 5.64 Å². The molecule has 0 aliphatic carbocycles. The summed E-state index contributed by atoms with van der Waals surface area (Å²) in [6, 6.07) is 0. The third kappa shape index (κ3) is 308. The van der Waals surface area contributed by atoms with E-state index >= 15 is 0 Å². The Balaban J connectivity index is -0.0000000200. The molecular formula is H3NO4+4. The highest BCUT2D eigenvalue weighted by Crippen LogP contribution is 0.931. The molecule has 8 radical (unpaired) electrons. The molecule has 0 aromatic heterocycles. The fraction of sp³-hybridized carbons (Fsp3) is 0. The molecule has 0 saturated carbocycles. The van der Waals surface area contributed by atoms with Crippen LogP contribution in [0.3, 0.4) is 0 Å². The molecule has 0 aromatic rings. The lowest BCUT2D eigenvalue weighted by molar-refractivity contribution is -0.0678. The predicted octanol–water partition coefficient (Wildman–Crippen LogP) is -0.883. The van der Waals surface area contributed by atoms with Gasteiger partial charge in [0.1, 0.15) is 0 Å². The molecule has 0 spiro atoms. The fourth-order valence-electron chi connectivity index (χ4n) is 0. The summed E-state index contributed by atoms with van der Waals surface area (Å²) in [4.78, 5) is 0. The van der Waals surface area contributed by atoms with Gasteiger partial charge in [-0.25, -0.2) is 0 Å². The van der Waals surface area contributed by atoms with Gasteiger partial charge in [0.2, 0.25) is 0 Å². The van der Waals surface area contributed by atoms with Crippen molar-refractivity contribution in [3.63, 3.8) is 0 Å². The fourth-order valence-corrected chi connectivity index (χ4v) is 0. The number of hydrogen-bond donors (Lipinski definition) is 3. The minimum atomic E-state index is 0. The van der Waals surface area contributed by atoms with Crippen molar-refractivity contribution in [2.45, 2.75) is 0 Å². The van der Waals surface area contributed by atoms with Crippen LogP contribution >= 0.6 is 0 Å². The van der Waals surface area contributed by atoms with Crippen molar-refractivity contribution in [2.24, 2.45) is 0 Å². The largest absolute Gasteiger partial charge is 2.00 e. The molecule has 5 nitrogen and oxygen atoms in total. The Morgan fingerprint density at radius 3 is 1.00 bits per heavy atom. The Hall–Kier alpha value is -0.200. The van der Waals surface area contributed by atoms with Crippen LogP contribution in [-0.2, 0) is 11.0 Å². The first kappa shape index (κ1) is 21.4. The second-order valence-electron chi connectivity index (χ2n) is 0.100. The monoisotopic (exact) mass is 81.0 g/mol. The van der Waals surface area contributed by atoms with Gasteiger partial charge in [-0.1, -0.05) is 5.64 Å². The quantitative estimate of drug-likeness (QED) is 0.329. The number of nitrogens with one attached hydrogen (secondary N) is 1. The summed E-state index contributed by atoms with van der Waals surface area (Å²) in [5.41, 5.74) is 0.750. The van der Waals surface area contributed by atoms with Crippen molar-refractivity contribution in [1.29, 1.82) is 0 Å². The Bertz CT molecular complexity index is 3.61. The predicted molar refractivity (Wildman–Crippen MR) is 8.08 cm³/mol. The molecule has 0 atom stereocenters. The second-order valence-corrected chi connectivity index (χ2v) is 0.100. The van der Waals surface area contributed by atoms with Crippen molar-refractivity contribution in [3.8, 4) is 0 Å². The molecule has 0 rings (SSSR count). The summed E-state index contributed by atoms with van der Waals surface area (Å²) >= 11 is 0. The molecule has 0 amide bonds. The lowest BCUT2D eigenvalue weighted by atomic mass is 13.3. The first-order valence-corrected chi connectivity index (χ1v) is 0.447. The zero-order chi connectivity index (χ0) is 2.71. The normalized spacial score (nSPS) is 3.60. The van der Waals surface area contributed by atoms with Crippen LogP contribution in [0, 0.1) is 0 Å². The van der Waals surface area contributed by atoms with E-state index in [0.29, 0.717) is 0 Å². The summed E-state index contributed by atoms with van der Waals surface area (Å²) in [6.07, 6.45) is 0. The SMILES string of the molecule is ONO.[O+2].[O+2]. The van der Waals surface area contributed by atoms with Gasteiger partial charge >= 0.3 is 11.0 Å². The lowest BCUT2D eigenvalue weighted by Gasteiger charge is -1.61. The van der Waals surface area contributed by atoms with Crippen LogP contribution in [0.5, 0.6) is 0 Å². The van der Waals surface area contributed by atoms with Gasteiger partial charge in [-0.05, 0) is 0 Å². The minimum absolute atomic E-state index is 0. The zero-order valence-electron chi connectivity index (χ0n) is 2.21. The standard InChI is InChI=1S/H3NO2.2O/c2-1-3;;/h1-3H;;/q;2*+2. The van der Waals surface area contributed by atoms with Crippen LogP contribution in [0.15, 0.2) is 0 Å². The molecule has 5 heavy (non-hydrogen) atoms. The molecule has 0 aliphatic rings. The van der Waals surface area contributed by atoms with Crippen molar-refractivity contribution >= 4 is 0 Å². The van der Waals surface area contributed by atoms with Gasteiger partial charge in [-0.3, -0.25) is 10.4 Å². The van der Waals surface area contributed by atoms with E-state index in [2.05, 4.69) is 0 Å². The highest BCUT2D eigenvalue weighted by Gasteiger charge is 2.00. The molecular weight excluding hydrogens is 78.0 g/mol. The maximum Gasteiger partial charge on any atom is 2.00 e. The van der Waals surface area contributed by atoms with Gasteiger partial charge in [-0.15, -0.1) is 0 Å². The molecule has 28 valence electrons. The van der Waals surface area contributed by atoms with E-state index in [1.54, 1.807) is 0 Å². The van der Waals surface area contributed by atoms with Crippen molar-refractivity contribution in [1.82, 2.24) is 5.64 Å². The first-order valence-electron chi connectivity index (χ1n) is 0.447. The summed E-state index contributed by atoms with van der Waals surface area (Å²) in [6.45, 7) is 0. The summed E-state index contributed by atoms with van der Waals surface area (Å²) in [5, 5.41) is 13.8. The summed E-state index contributed by atoms with van der Waals surface area (Å²) in [5.74, 6) is 0. The van der Waals surface area contributed by atoms with Crippen molar-refractivity contribution in [2.75, 3.05) is 0 Å². The van der Waals surface area contributed by atoms with Gasteiger partial charge in [0.05, 0.1) is 0 Å². The maximum atomic E-state index is 6.88. The van der Waals surface area contributed by atoms with Crippen LogP contribution in [-0.4, -0.2) is 10.4 Å². The first-order chi connectivity index (χ1) is 1.41. The Labute approximate surface area is 28.4 Å². The van der Waals surface area contributed by atoms with Crippen LogP contribution in [0.1, 0.15) is 0 Å². The maximum absolute atomic E-state index is 6.88. The molecule has 0 aliphatic heterocycles. The van der Waals surface area contributed by atoms with E-state index in [1.165, 1.54) is 0 Å². The molecule has 3 N–H and O–H groups in total. The van der Waals surface area contributed by atoms with E-state index in [9.17, 15) is 0 Å². The zero-order valence-corrected chi connectivity index (χ0v) is 2.21. The molecule has 0 unspecified atom stereocenters. The van der Waals surface area contributed by atoms with E-state index in [1.807, 2.05) is 0 Å². The van der Waals surface area contributed by atoms with Gasteiger partial charge in [0, 0.05) is 0 Å². The molecule has 0 fully saturated rings. The Kier molecular flexibility index (Phi) is 199. The number of rotatable bonds is 0. The third-order valence-electron chi connectivity index (χ3n) is 0. The van der Waals surface area contributed by atoms with Gasteiger partial charge in [0.15, 0.2) is 0 Å². The third-order valence-corrected chi connectivity index (χ3v) is 0. The van der Waals surface area contributed by atoms with Crippen LogP contribution in [0.2, 0.25) is 0 Å². The van der Waals surface area contributed by atoms with Gasteiger partial charge < -0.3 is 0 Å². The smallest absolute Gasteiger partial charge is 0.292 e. The average molecular weight is 81.0 g/mol. The van der Waals surface area contributed by atoms with E-state index in [0.717, 1.165) is 5.64 Å². The van der Waals surface area contributed by atoms with E-state index in [4.69, 9.17) is 10.4 Å². The van der Waals surface area contributed by atoms with E-state index in [-0.39, 0.29) is 11.0 Å². The molecule has 0 aromatic carbocycles. The Morgan fingerprint density at radius 2 is 1.00 bits per heavy atom. The molecule has 0 bridgehead atoms. The highest BCUT2D eigenvalue weighted by molar-refractivity contribution is 3.07. The van der Waals surface area contributed by atoms with E-state index < -0.39 is 0 Å². The van der Waals surface area contributed by atoms with Crippen LogP contribution in [0.25, 0.3) is 0 Å². The molecule has 0 saturated heterocycles. The van der Waals surface area contributed by atoms with Crippen molar-refractivity contribution in [3.05, 3.63) is 0 Å². The second kappa shape index (κ2) is 46.5. The number of hydrogen-bond acceptors (Lipinski definition) is 3. The summed E-state index contributed by atoms with van der Waals surface area (Å²) < 4.78 is 0. The topological polar surface area (TPSA) is 109 Å². The summed E-state index contributed by atoms with van der Waals surface area (Å²) in [7, 11) is 0. The van der Waals surface area contributed by atoms with Crippen molar-refractivity contribution < 1.29 is 21.4 Å². The van der Waals surface area contributed by atoms with Crippen LogP contribution in [0.4, 0.5) is 0 Å². The van der Waals surface area contributed by atoms with Gasteiger partial charge in [0.25, 0.3) is 0 Å². The minimum Gasteiger partial charge on any atom is -0.292 e. The molecule has 0 heterocycles. The Morgan fingerprint density at radius 1 is 1.00 bits per heavy atom. The average Bonchev–Trinajstić information content (AvgIpc) is 0.918. The molecule has 5 heteroatoms. The van der Waals surface area contributed by atoms with Gasteiger partial charge in [-0.2, -0.15) is 0 Å². The lowest BCUT2D eigenvalue weighted by Crippen LogP contribution is -1.93. The highest BCUT2D eigenvalue weighted by atomic mass is 16.7.